The molecule has 4 nitrogen and oxygen atoms in total. The summed E-state index contributed by atoms with van der Waals surface area (Å²) < 4.78 is 5.23. The molecule has 0 saturated carbocycles. The first-order valence-electron chi connectivity index (χ1n) is 7.50. The Balaban J connectivity index is 2.29. The van der Waals surface area contributed by atoms with E-state index in [2.05, 4.69) is 5.32 Å². The van der Waals surface area contributed by atoms with Crippen molar-refractivity contribution in [3.05, 3.63) is 60.2 Å². The fourth-order valence-electron chi connectivity index (χ4n) is 2.27. The molecule has 0 aliphatic carbocycles. The van der Waals surface area contributed by atoms with Crippen molar-refractivity contribution in [1.29, 1.82) is 0 Å². The molecule has 1 unspecified atom stereocenters. The maximum absolute atomic E-state index is 12.0. The van der Waals surface area contributed by atoms with Gasteiger partial charge in [0.05, 0.1) is 0 Å². The number of benzene rings is 2. The molecule has 0 aliphatic heterocycles. The van der Waals surface area contributed by atoms with Crippen LogP contribution in [0.15, 0.2) is 54.6 Å². The lowest BCUT2D eigenvalue weighted by molar-refractivity contribution is -0.109. The Kier molecular flexibility index (Phi) is 5.16. The van der Waals surface area contributed by atoms with Crippen LogP contribution in [0.4, 0.5) is 4.79 Å². The largest absolute Gasteiger partial charge is 0.444 e. The van der Waals surface area contributed by atoms with E-state index in [9.17, 15) is 9.59 Å². The van der Waals surface area contributed by atoms with Crippen molar-refractivity contribution >= 4 is 12.4 Å². The van der Waals surface area contributed by atoms with Gasteiger partial charge < -0.3 is 14.8 Å². The average Bonchev–Trinajstić information content (AvgIpc) is 2.52. The predicted octanol–water partition coefficient (Wildman–Crippen LogP) is 4.12. The first kappa shape index (κ1) is 16.7. The zero-order chi connectivity index (χ0) is 16.9. The Morgan fingerprint density at radius 1 is 1.04 bits per heavy atom. The average molecular weight is 311 g/mol. The van der Waals surface area contributed by atoms with E-state index in [4.69, 9.17) is 4.74 Å². The van der Waals surface area contributed by atoms with Crippen LogP contribution >= 0.6 is 0 Å². The minimum atomic E-state index is -0.763. The van der Waals surface area contributed by atoms with E-state index < -0.39 is 17.7 Å². The SMILES string of the molecule is CC(C)(C)OC(=O)NC(C=O)c1ccccc1-c1ccccc1. The highest BCUT2D eigenvalue weighted by Crippen LogP contribution is 2.27. The highest BCUT2D eigenvalue weighted by molar-refractivity contribution is 5.79. The Morgan fingerprint density at radius 2 is 1.65 bits per heavy atom. The van der Waals surface area contributed by atoms with Crippen LogP contribution in [-0.2, 0) is 9.53 Å². The van der Waals surface area contributed by atoms with Crippen molar-refractivity contribution in [3.8, 4) is 11.1 Å². The highest BCUT2D eigenvalue weighted by atomic mass is 16.6. The summed E-state index contributed by atoms with van der Waals surface area (Å²) in [6, 6.07) is 16.5. The minimum absolute atomic E-state index is 0.613. The molecule has 4 heteroatoms. The number of hydrogen-bond donors (Lipinski definition) is 1. The summed E-state index contributed by atoms with van der Waals surface area (Å²) in [5, 5.41) is 2.62. The van der Waals surface area contributed by atoms with Gasteiger partial charge in [0.25, 0.3) is 0 Å². The summed E-state index contributed by atoms with van der Waals surface area (Å²) in [7, 11) is 0. The topological polar surface area (TPSA) is 55.4 Å². The van der Waals surface area contributed by atoms with Crippen molar-refractivity contribution in [3.63, 3.8) is 0 Å². The number of ether oxygens (including phenoxy) is 1. The molecule has 0 aliphatic rings. The molecule has 0 bridgehead atoms. The molecular weight excluding hydrogens is 290 g/mol. The van der Waals surface area contributed by atoms with Crippen molar-refractivity contribution < 1.29 is 14.3 Å². The third-order valence-corrected chi connectivity index (χ3v) is 3.19. The van der Waals surface area contributed by atoms with Gasteiger partial charge in [-0.3, -0.25) is 0 Å². The Morgan fingerprint density at radius 3 is 2.26 bits per heavy atom. The Bertz CT molecular complexity index is 675. The summed E-state index contributed by atoms with van der Waals surface area (Å²) in [6.07, 6.45) is 0.101. The number of rotatable bonds is 4. The second-order valence-electron chi connectivity index (χ2n) is 6.21. The van der Waals surface area contributed by atoms with Crippen LogP contribution < -0.4 is 5.32 Å². The van der Waals surface area contributed by atoms with E-state index in [1.165, 1.54) is 0 Å². The molecule has 0 aromatic heterocycles. The van der Waals surface area contributed by atoms with E-state index in [-0.39, 0.29) is 0 Å². The van der Waals surface area contributed by atoms with Crippen molar-refractivity contribution in [2.45, 2.75) is 32.4 Å². The van der Waals surface area contributed by atoms with Gasteiger partial charge in [-0.15, -0.1) is 0 Å². The third-order valence-electron chi connectivity index (χ3n) is 3.19. The first-order valence-corrected chi connectivity index (χ1v) is 7.50. The van der Waals surface area contributed by atoms with Gasteiger partial charge in [0, 0.05) is 0 Å². The molecule has 1 N–H and O–H groups in total. The number of carbonyl (C=O) groups excluding carboxylic acids is 2. The number of hydrogen-bond acceptors (Lipinski definition) is 3. The van der Waals surface area contributed by atoms with Crippen LogP contribution in [0.2, 0.25) is 0 Å². The molecule has 0 heterocycles. The summed E-state index contributed by atoms with van der Waals surface area (Å²) in [6.45, 7) is 5.33. The summed E-state index contributed by atoms with van der Waals surface area (Å²) in [5.41, 5.74) is 2.01. The van der Waals surface area contributed by atoms with Gasteiger partial charge in [-0.2, -0.15) is 0 Å². The number of nitrogens with one attached hydrogen (secondary N) is 1. The molecule has 1 amide bonds. The molecule has 0 spiro atoms. The summed E-state index contributed by atoms with van der Waals surface area (Å²) >= 11 is 0. The maximum Gasteiger partial charge on any atom is 0.408 e. The van der Waals surface area contributed by atoms with Gasteiger partial charge >= 0.3 is 6.09 Å². The van der Waals surface area contributed by atoms with Crippen molar-refractivity contribution in [2.24, 2.45) is 0 Å². The van der Waals surface area contributed by atoms with Gasteiger partial charge in [-0.05, 0) is 37.5 Å². The monoisotopic (exact) mass is 311 g/mol. The van der Waals surface area contributed by atoms with Gasteiger partial charge in [0.1, 0.15) is 17.9 Å². The zero-order valence-corrected chi connectivity index (χ0v) is 13.6. The summed E-state index contributed by atoms with van der Waals surface area (Å²) in [4.78, 5) is 23.5. The lowest BCUT2D eigenvalue weighted by Gasteiger charge is -2.22. The molecule has 0 radical (unpaired) electrons. The quantitative estimate of drug-likeness (QED) is 0.864. The number of aldehydes is 1. The molecule has 1 atom stereocenters. The number of alkyl carbamates (subject to hydrolysis) is 1. The van der Waals surface area contributed by atoms with Crippen molar-refractivity contribution in [1.82, 2.24) is 5.32 Å². The summed E-state index contributed by atoms with van der Waals surface area (Å²) in [5.74, 6) is 0. The second-order valence-corrected chi connectivity index (χ2v) is 6.21. The van der Waals surface area contributed by atoms with Gasteiger partial charge in [-0.25, -0.2) is 4.79 Å². The predicted molar refractivity (Wildman–Crippen MR) is 90.1 cm³/mol. The van der Waals surface area contributed by atoms with Crippen LogP contribution in [0.1, 0.15) is 32.4 Å². The van der Waals surface area contributed by atoms with E-state index >= 15 is 0 Å². The fraction of sp³-hybridized carbons (Fsp3) is 0.263. The highest BCUT2D eigenvalue weighted by Gasteiger charge is 2.21. The molecule has 23 heavy (non-hydrogen) atoms. The normalized spacial score (nSPS) is 12.3. The van der Waals surface area contributed by atoms with Crippen LogP contribution in [0, 0.1) is 0 Å². The van der Waals surface area contributed by atoms with E-state index in [0.717, 1.165) is 16.7 Å². The van der Waals surface area contributed by atoms with Crippen LogP contribution in [0.25, 0.3) is 11.1 Å². The smallest absolute Gasteiger partial charge is 0.408 e. The molecule has 0 saturated heterocycles. The fourth-order valence-corrected chi connectivity index (χ4v) is 2.27. The maximum atomic E-state index is 12.0. The molecule has 120 valence electrons. The van der Waals surface area contributed by atoms with Gasteiger partial charge in [0.15, 0.2) is 0 Å². The van der Waals surface area contributed by atoms with Crippen LogP contribution in [-0.4, -0.2) is 18.0 Å². The lowest BCUT2D eigenvalue weighted by atomic mass is 9.95. The Hall–Kier alpha value is -2.62. The van der Waals surface area contributed by atoms with Gasteiger partial charge in [0.2, 0.25) is 0 Å². The number of carbonyl (C=O) groups is 2. The third kappa shape index (κ3) is 4.68. The zero-order valence-electron chi connectivity index (χ0n) is 13.6. The Labute approximate surface area is 136 Å². The first-order chi connectivity index (χ1) is 10.9. The van der Waals surface area contributed by atoms with Crippen LogP contribution in [0.5, 0.6) is 0 Å². The lowest BCUT2D eigenvalue weighted by Crippen LogP contribution is -2.35. The molecule has 2 aromatic carbocycles. The van der Waals surface area contributed by atoms with E-state index in [1.807, 2.05) is 54.6 Å². The molecule has 2 rings (SSSR count). The van der Waals surface area contributed by atoms with Crippen LogP contribution in [0.3, 0.4) is 0 Å². The minimum Gasteiger partial charge on any atom is -0.444 e. The van der Waals surface area contributed by atoms with E-state index in [1.54, 1.807) is 20.8 Å². The van der Waals surface area contributed by atoms with E-state index in [0.29, 0.717) is 6.29 Å². The van der Waals surface area contributed by atoms with Gasteiger partial charge in [-0.1, -0.05) is 54.6 Å². The molecule has 0 fully saturated rings. The molecular formula is C19H21NO3. The van der Waals surface area contributed by atoms with Crippen molar-refractivity contribution in [2.75, 3.05) is 0 Å². The number of amides is 1. The second kappa shape index (κ2) is 7.09. The standard InChI is InChI=1S/C19H21NO3/c1-19(2,3)23-18(22)20-17(13-21)16-12-8-7-11-15(16)14-9-5-4-6-10-14/h4-13,17H,1-3H3,(H,20,22). The molecule has 2 aromatic rings.